The third kappa shape index (κ3) is 3.04. The molecule has 1 unspecified atom stereocenters. The van der Waals surface area contributed by atoms with E-state index in [1.807, 2.05) is 18.2 Å². The molecule has 0 aliphatic carbocycles. The summed E-state index contributed by atoms with van der Waals surface area (Å²) in [7, 11) is 0. The zero-order valence-electron chi connectivity index (χ0n) is 10.1. The number of aliphatic carboxylic acids is 1. The lowest BCUT2D eigenvalue weighted by molar-refractivity contribution is -0.141. The van der Waals surface area contributed by atoms with E-state index in [1.165, 1.54) is 11.8 Å². The van der Waals surface area contributed by atoms with Crippen LogP contribution in [0.25, 0.3) is 0 Å². The molecule has 1 atom stereocenters. The van der Waals surface area contributed by atoms with E-state index in [-0.39, 0.29) is 11.8 Å². The molecule has 0 saturated carbocycles. The van der Waals surface area contributed by atoms with Gasteiger partial charge in [0.25, 0.3) is 0 Å². The lowest BCUT2D eigenvalue weighted by Gasteiger charge is -2.17. The maximum atomic E-state index is 11.2. The Morgan fingerprint density at radius 1 is 1.56 bits per heavy atom. The second kappa shape index (κ2) is 5.44. The van der Waals surface area contributed by atoms with Crippen molar-refractivity contribution in [2.24, 2.45) is 5.92 Å². The van der Waals surface area contributed by atoms with Gasteiger partial charge >= 0.3 is 5.97 Å². The van der Waals surface area contributed by atoms with Crippen LogP contribution in [0, 0.1) is 5.92 Å². The summed E-state index contributed by atoms with van der Waals surface area (Å²) in [6.45, 7) is 1.72. The van der Waals surface area contributed by atoms with Gasteiger partial charge in [0.05, 0.1) is 17.4 Å². The van der Waals surface area contributed by atoms with Crippen molar-refractivity contribution in [3.05, 3.63) is 23.8 Å². The average molecular weight is 265 g/mol. The topological polar surface area (TPSA) is 66.4 Å². The molecule has 4 nitrogen and oxygen atoms in total. The molecule has 1 aromatic carbocycles. The van der Waals surface area contributed by atoms with Gasteiger partial charge in [-0.05, 0) is 30.5 Å². The number of carboxylic acid groups (broad SMARTS) is 1. The highest BCUT2D eigenvalue weighted by atomic mass is 32.2. The highest BCUT2D eigenvalue weighted by Crippen LogP contribution is 2.32. The molecule has 2 N–H and O–H groups in total. The molecule has 0 saturated heterocycles. The van der Waals surface area contributed by atoms with Gasteiger partial charge < -0.3 is 10.4 Å². The molecule has 0 spiro atoms. The van der Waals surface area contributed by atoms with E-state index in [0.29, 0.717) is 12.2 Å². The van der Waals surface area contributed by atoms with Crippen molar-refractivity contribution in [3.63, 3.8) is 0 Å². The second-order valence-corrected chi connectivity index (χ2v) is 5.46. The Labute approximate surface area is 110 Å². The van der Waals surface area contributed by atoms with E-state index in [1.54, 1.807) is 6.92 Å². The van der Waals surface area contributed by atoms with Crippen molar-refractivity contribution >= 4 is 29.3 Å². The van der Waals surface area contributed by atoms with Crippen LogP contribution in [0.1, 0.15) is 18.9 Å². The third-order valence-corrected chi connectivity index (χ3v) is 4.02. The Hall–Kier alpha value is -1.49. The fourth-order valence-corrected chi connectivity index (χ4v) is 2.65. The minimum atomic E-state index is -0.755. The van der Waals surface area contributed by atoms with Crippen LogP contribution in [0.5, 0.6) is 0 Å². The number of fused-ring (bicyclic) bond motifs is 1. The summed E-state index contributed by atoms with van der Waals surface area (Å²) in [6, 6.07) is 5.87. The van der Waals surface area contributed by atoms with Gasteiger partial charge in [0, 0.05) is 4.90 Å². The van der Waals surface area contributed by atoms with Gasteiger partial charge in [-0.3, -0.25) is 9.59 Å². The first-order valence-corrected chi connectivity index (χ1v) is 6.83. The maximum absolute atomic E-state index is 11.2. The van der Waals surface area contributed by atoms with Crippen LogP contribution in [0.15, 0.2) is 23.1 Å². The van der Waals surface area contributed by atoms with Crippen molar-refractivity contribution < 1.29 is 14.7 Å². The Bertz CT molecular complexity index is 487. The first kappa shape index (κ1) is 13.0. The van der Waals surface area contributed by atoms with Gasteiger partial charge in [0.2, 0.25) is 5.91 Å². The second-order valence-electron chi connectivity index (χ2n) is 4.45. The van der Waals surface area contributed by atoms with Crippen molar-refractivity contribution in [2.75, 3.05) is 11.1 Å². The molecule has 0 aromatic heterocycles. The summed E-state index contributed by atoms with van der Waals surface area (Å²) >= 11 is 1.52. The van der Waals surface area contributed by atoms with Crippen LogP contribution in [-0.2, 0) is 16.0 Å². The Kier molecular flexibility index (Phi) is 3.91. The zero-order valence-corrected chi connectivity index (χ0v) is 10.9. The van der Waals surface area contributed by atoms with Gasteiger partial charge in [-0.2, -0.15) is 0 Å². The largest absolute Gasteiger partial charge is 0.481 e. The molecule has 1 amide bonds. The molecule has 1 heterocycles. The number of benzene rings is 1. The summed E-state index contributed by atoms with van der Waals surface area (Å²) in [5, 5.41) is 11.6. The Morgan fingerprint density at radius 3 is 3.06 bits per heavy atom. The molecule has 0 bridgehead atoms. The standard InChI is InChI=1S/C13H15NO3S/c1-8(13(16)17)2-3-9-4-5-10-11(6-9)18-7-12(15)14-10/h4-6,8H,2-3,7H2,1H3,(H,14,15)(H,16,17). The lowest BCUT2D eigenvalue weighted by Crippen LogP contribution is -2.18. The van der Waals surface area contributed by atoms with Crippen molar-refractivity contribution in [3.8, 4) is 0 Å². The molecule has 5 heteroatoms. The summed E-state index contributed by atoms with van der Waals surface area (Å²) in [5.74, 6) is -0.607. The molecule has 0 radical (unpaired) electrons. The van der Waals surface area contributed by atoms with Gasteiger partial charge in [-0.15, -0.1) is 11.8 Å². The predicted molar refractivity (Wildman–Crippen MR) is 70.9 cm³/mol. The SMILES string of the molecule is CC(CCc1ccc2c(c1)SCC(=O)N2)C(=O)O. The van der Waals surface area contributed by atoms with E-state index in [4.69, 9.17) is 5.11 Å². The number of anilines is 1. The number of carboxylic acids is 1. The number of hydrogen-bond donors (Lipinski definition) is 2. The van der Waals surface area contributed by atoms with Crippen LogP contribution < -0.4 is 5.32 Å². The summed E-state index contributed by atoms with van der Waals surface area (Å²) < 4.78 is 0. The minimum Gasteiger partial charge on any atom is -0.481 e. The van der Waals surface area contributed by atoms with Gasteiger partial charge in [0.1, 0.15) is 0 Å². The number of thioether (sulfide) groups is 1. The molecular formula is C13H15NO3S. The number of carbonyl (C=O) groups is 2. The van der Waals surface area contributed by atoms with Gasteiger partial charge in [-0.25, -0.2) is 0 Å². The van der Waals surface area contributed by atoms with Crippen LogP contribution in [0.4, 0.5) is 5.69 Å². The van der Waals surface area contributed by atoms with Crippen molar-refractivity contribution in [2.45, 2.75) is 24.7 Å². The van der Waals surface area contributed by atoms with Crippen LogP contribution in [0.2, 0.25) is 0 Å². The average Bonchev–Trinajstić information content (AvgIpc) is 2.35. The fraction of sp³-hybridized carbons (Fsp3) is 0.385. The number of rotatable bonds is 4. The van der Waals surface area contributed by atoms with Gasteiger partial charge in [-0.1, -0.05) is 13.0 Å². The van der Waals surface area contributed by atoms with Crippen molar-refractivity contribution in [1.82, 2.24) is 0 Å². The molecule has 2 rings (SSSR count). The number of aryl methyl sites for hydroxylation is 1. The highest BCUT2D eigenvalue weighted by molar-refractivity contribution is 8.00. The maximum Gasteiger partial charge on any atom is 0.306 e. The molecule has 0 fully saturated rings. The minimum absolute atomic E-state index is 0.0275. The molecule has 18 heavy (non-hydrogen) atoms. The molecule has 1 aliphatic rings. The monoisotopic (exact) mass is 265 g/mol. The van der Waals surface area contributed by atoms with E-state index < -0.39 is 5.97 Å². The molecular weight excluding hydrogens is 250 g/mol. The normalized spacial score (nSPS) is 15.7. The summed E-state index contributed by atoms with van der Waals surface area (Å²) in [4.78, 5) is 23.0. The number of nitrogens with one attached hydrogen (secondary N) is 1. The fourth-order valence-electron chi connectivity index (χ4n) is 1.78. The molecule has 96 valence electrons. The smallest absolute Gasteiger partial charge is 0.306 e. The van der Waals surface area contributed by atoms with Gasteiger partial charge in [0.15, 0.2) is 0 Å². The Morgan fingerprint density at radius 2 is 2.33 bits per heavy atom. The summed E-state index contributed by atoms with van der Waals surface area (Å²) in [6.07, 6.45) is 1.38. The van der Waals surface area contributed by atoms with Crippen LogP contribution >= 0.6 is 11.8 Å². The van der Waals surface area contributed by atoms with E-state index in [9.17, 15) is 9.59 Å². The first-order valence-electron chi connectivity index (χ1n) is 5.84. The summed E-state index contributed by atoms with van der Waals surface area (Å²) in [5.41, 5.74) is 1.97. The zero-order chi connectivity index (χ0) is 13.1. The number of hydrogen-bond acceptors (Lipinski definition) is 3. The lowest BCUT2D eigenvalue weighted by atomic mass is 10.0. The van der Waals surface area contributed by atoms with E-state index in [2.05, 4.69) is 5.32 Å². The van der Waals surface area contributed by atoms with Crippen LogP contribution in [-0.4, -0.2) is 22.7 Å². The first-order chi connectivity index (χ1) is 8.56. The highest BCUT2D eigenvalue weighted by Gasteiger charge is 2.16. The number of amides is 1. The third-order valence-electron chi connectivity index (χ3n) is 2.97. The Balaban J connectivity index is 2.03. The quantitative estimate of drug-likeness (QED) is 0.877. The van der Waals surface area contributed by atoms with E-state index in [0.717, 1.165) is 22.6 Å². The van der Waals surface area contributed by atoms with Crippen molar-refractivity contribution in [1.29, 1.82) is 0 Å². The van der Waals surface area contributed by atoms with E-state index >= 15 is 0 Å². The molecule has 1 aromatic rings. The molecule has 1 aliphatic heterocycles. The number of carbonyl (C=O) groups excluding carboxylic acids is 1. The predicted octanol–water partition coefficient (Wildman–Crippen LogP) is 2.38. The van der Waals surface area contributed by atoms with Crippen LogP contribution in [0.3, 0.4) is 0 Å².